The number of carbonyl (C=O) groups excluding carboxylic acids is 3. The third-order valence-corrected chi connectivity index (χ3v) is 9.06. The molecular formula is C26H36O6. The van der Waals surface area contributed by atoms with E-state index in [0.29, 0.717) is 19.3 Å². The molecule has 4 aliphatic carbocycles. The van der Waals surface area contributed by atoms with Gasteiger partial charge in [-0.3, -0.25) is 14.4 Å². The van der Waals surface area contributed by atoms with Crippen molar-refractivity contribution in [3.05, 3.63) is 23.8 Å². The number of aliphatic hydroxyl groups is 2. The Morgan fingerprint density at radius 1 is 1.22 bits per heavy atom. The van der Waals surface area contributed by atoms with Gasteiger partial charge in [0.1, 0.15) is 5.60 Å². The normalized spacial score (nSPS) is 43.1. The Labute approximate surface area is 190 Å². The lowest BCUT2D eigenvalue weighted by atomic mass is 9.46. The molecule has 6 nitrogen and oxygen atoms in total. The zero-order chi connectivity index (χ0) is 23.7. The number of ketones is 2. The van der Waals surface area contributed by atoms with Crippen LogP contribution < -0.4 is 0 Å². The first-order valence-electron chi connectivity index (χ1n) is 11.8. The Morgan fingerprint density at radius 2 is 1.91 bits per heavy atom. The third kappa shape index (κ3) is 3.25. The van der Waals surface area contributed by atoms with Crippen LogP contribution in [0.1, 0.15) is 66.7 Å². The molecule has 0 radical (unpaired) electrons. The van der Waals surface area contributed by atoms with Gasteiger partial charge in [0.15, 0.2) is 12.4 Å². The lowest BCUT2D eigenvalue weighted by Gasteiger charge is -2.59. The number of aliphatic hydroxyl groups excluding tert-OH is 1. The molecule has 0 saturated heterocycles. The van der Waals surface area contributed by atoms with Crippen molar-refractivity contribution in [3.63, 3.8) is 0 Å². The molecular weight excluding hydrogens is 408 g/mol. The largest absolute Gasteiger partial charge is 0.457 e. The molecule has 0 aromatic heterocycles. The maximum atomic E-state index is 13.2. The van der Waals surface area contributed by atoms with Crippen LogP contribution in [0, 0.1) is 34.0 Å². The van der Waals surface area contributed by atoms with Crippen molar-refractivity contribution in [3.8, 4) is 0 Å². The molecule has 0 bridgehead atoms. The minimum Gasteiger partial charge on any atom is -0.457 e. The molecule has 176 valence electrons. The summed E-state index contributed by atoms with van der Waals surface area (Å²) < 4.78 is 5.24. The molecule has 0 aromatic carbocycles. The highest BCUT2D eigenvalue weighted by molar-refractivity contribution is 6.01. The third-order valence-electron chi connectivity index (χ3n) is 9.06. The molecule has 4 rings (SSSR count). The Bertz CT molecular complexity index is 910. The summed E-state index contributed by atoms with van der Waals surface area (Å²) in [5, 5.41) is 23.0. The van der Waals surface area contributed by atoms with E-state index >= 15 is 0 Å². The van der Waals surface area contributed by atoms with E-state index in [4.69, 9.17) is 4.74 Å². The summed E-state index contributed by atoms with van der Waals surface area (Å²) in [7, 11) is 0. The monoisotopic (exact) mass is 444 g/mol. The van der Waals surface area contributed by atoms with Gasteiger partial charge < -0.3 is 14.9 Å². The minimum absolute atomic E-state index is 0.00305. The van der Waals surface area contributed by atoms with Crippen molar-refractivity contribution < 1.29 is 29.3 Å². The number of hydrogen-bond donors (Lipinski definition) is 2. The van der Waals surface area contributed by atoms with Crippen LogP contribution in [0.15, 0.2) is 23.8 Å². The lowest BCUT2D eigenvalue weighted by molar-refractivity contribution is -0.182. The predicted octanol–water partition coefficient (Wildman–Crippen LogP) is 3.15. The van der Waals surface area contributed by atoms with Crippen molar-refractivity contribution in [2.24, 2.45) is 34.0 Å². The van der Waals surface area contributed by atoms with Crippen molar-refractivity contribution in [1.29, 1.82) is 0 Å². The predicted molar refractivity (Wildman–Crippen MR) is 118 cm³/mol. The van der Waals surface area contributed by atoms with Crippen LogP contribution in [-0.2, 0) is 19.1 Å². The van der Waals surface area contributed by atoms with Gasteiger partial charge in [0.05, 0.1) is 11.5 Å². The molecule has 3 fully saturated rings. The minimum atomic E-state index is -1.63. The summed E-state index contributed by atoms with van der Waals surface area (Å²) in [6.45, 7) is 8.73. The molecule has 0 spiro atoms. The molecule has 4 aliphatic rings. The number of fused-ring (bicyclic) bond motifs is 5. The second-order valence-corrected chi connectivity index (χ2v) is 11.9. The molecule has 0 amide bonds. The fourth-order valence-electron chi connectivity index (χ4n) is 7.26. The molecule has 32 heavy (non-hydrogen) atoms. The van der Waals surface area contributed by atoms with Gasteiger partial charge >= 0.3 is 5.97 Å². The number of Topliss-reactive ketones (excluding diaryl/α,β-unsaturated/α-hetero) is 1. The maximum absolute atomic E-state index is 13.2. The SMILES string of the molecule is CC(C)(C)C(=O)OCC(=O)[C@@]1(O)CC[C@@H]2[C@@H]3CCC4=CC(=O)C=C[C@]4(C)[C@H]3[C@H](O)C[C@@]21C. The van der Waals surface area contributed by atoms with Crippen LogP contribution in [0.5, 0.6) is 0 Å². The highest BCUT2D eigenvalue weighted by Gasteiger charge is 2.68. The molecule has 6 heteroatoms. The average Bonchev–Trinajstić information content (AvgIpc) is 2.97. The Balaban J connectivity index is 1.60. The van der Waals surface area contributed by atoms with Crippen LogP contribution >= 0.6 is 0 Å². The summed E-state index contributed by atoms with van der Waals surface area (Å²) in [4.78, 5) is 37.3. The first-order valence-corrected chi connectivity index (χ1v) is 11.8. The first-order chi connectivity index (χ1) is 14.7. The van der Waals surface area contributed by atoms with E-state index in [1.165, 1.54) is 0 Å². The van der Waals surface area contributed by atoms with Crippen molar-refractivity contribution in [2.75, 3.05) is 6.61 Å². The number of allylic oxidation sites excluding steroid dienone is 4. The van der Waals surface area contributed by atoms with Crippen molar-refractivity contribution in [1.82, 2.24) is 0 Å². The van der Waals surface area contributed by atoms with Gasteiger partial charge in [0.2, 0.25) is 5.78 Å². The number of esters is 1. The van der Waals surface area contributed by atoms with Gasteiger partial charge in [-0.05, 0) is 76.9 Å². The van der Waals surface area contributed by atoms with Crippen LogP contribution in [0.2, 0.25) is 0 Å². The standard InChI is InChI=1S/C26H36O6/c1-23(2,3)22(30)32-14-20(29)26(31)11-9-18-17-7-6-15-12-16(27)8-10-24(15,4)21(17)19(28)13-25(18,26)5/h8,10,12,17-19,21,28,31H,6-7,9,11,13-14H2,1-5H3/t17-,18+,19+,21+,24-,25-,26-/m0/s1. The summed E-state index contributed by atoms with van der Waals surface area (Å²) in [5.41, 5.74) is -2.45. The zero-order valence-electron chi connectivity index (χ0n) is 19.8. The number of carbonyl (C=O) groups is 3. The van der Waals surface area contributed by atoms with E-state index in [1.54, 1.807) is 32.9 Å². The first kappa shape index (κ1) is 23.4. The summed E-state index contributed by atoms with van der Waals surface area (Å²) in [5.74, 6) is -0.791. The number of hydrogen-bond acceptors (Lipinski definition) is 6. The second-order valence-electron chi connectivity index (χ2n) is 11.9. The van der Waals surface area contributed by atoms with Gasteiger partial charge in [0.25, 0.3) is 0 Å². The lowest BCUT2D eigenvalue weighted by Crippen LogP contribution is -2.61. The van der Waals surface area contributed by atoms with Gasteiger partial charge in [-0.2, -0.15) is 0 Å². The molecule has 7 atom stereocenters. The van der Waals surface area contributed by atoms with E-state index in [2.05, 4.69) is 6.92 Å². The highest BCUT2D eigenvalue weighted by Crippen LogP contribution is 2.67. The van der Waals surface area contributed by atoms with Gasteiger partial charge in [-0.15, -0.1) is 0 Å². The molecule has 2 N–H and O–H groups in total. The molecule has 3 saturated carbocycles. The van der Waals surface area contributed by atoms with E-state index < -0.39 is 40.9 Å². The summed E-state index contributed by atoms with van der Waals surface area (Å²) >= 11 is 0. The molecule has 0 aliphatic heterocycles. The van der Waals surface area contributed by atoms with E-state index in [0.717, 1.165) is 18.4 Å². The van der Waals surface area contributed by atoms with Gasteiger partial charge in [0, 0.05) is 16.7 Å². The summed E-state index contributed by atoms with van der Waals surface area (Å²) in [6.07, 6.45) is 7.48. The maximum Gasteiger partial charge on any atom is 0.311 e. The Hall–Kier alpha value is -1.79. The molecule has 0 unspecified atom stereocenters. The van der Waals surface area contributed by atoms with Crippen molar-refractivity contribution >= 4 is 17.5 Å². The van der Waals surface area contributed by atoms with E-state index in [9.17, 15) is 24.6 Å². The van der Waals surface area contributed by atoms with Gasteiger partial charge in [-0.25, -0.2) is 0 Å². The molecule has 0 heterocycles. The molecule has 0 aromatic rings. The Morgan fingerprint density at radius 3 is 2.56 bits per heavy atom. The quantitative estimate of drug-likeness (QED) is 0.649. The summed E-state index contributed by atoms with van der Waals surface area (Å²) in [6, 6.07) is 0. The number of ether oxygens (including phenoxy) is 1. The van der Waals surface area contributed by atoms with Crippen molar-refractivity contribution in [2.45, 2.75) is 78.4 Å². The fraction of sp³-hybridized carbons (Fsp3) is 0.731. The average molecular weight is 445 g/mol. The van der Waals surface area contributed by atoms with Crippen LogP contribution in [-0.4, -0.2) is 46.1 Å². The smallest absolute Gasteiger partial charge is 0.311 e. The van der Waals surface area contributed by atoms with Crippen LogP contribution in [0.3, 0.4) is 0 Å². The highest BCUT2D eigenvalue weighted by atomic mass is 16.5. The van der Waals surface area contributed by atoms with E-state index in [-0.39, 0.29) is 29.0 Å². The van der Waals surface area contributed by atoms with Crippen LogP contribution in [0.4, 0.5) is 0 Å². The second kappa shape index (κ2) is 7.36. The number of rotatable bonds is 3. The van der Waals surface area contributed by atoms with E-state index in [1.807, 2.05) is 13.0 Å². The van der Waals surface area contributed by atoms with Gasteiger partial charge in [-0.1, -0.05) is 25.5 Å². The Kier molecular flexibility index (Phi) is 5.37. The fourth-order valence-corrected chi connectivity index (χ4v) is 7.26. The topological polar surface area (TPSA) is 101 Å². The van der Waals surface area contributed by atoms with Crippen LogP contribution in [0.25, 0.3) is 0 Å². The zero-order valence-corrected chi connectivity index (χ0v) is 19.8.